The number of hydrogen-bond acceptors (Lipinski definition) is 2. The first kappa shape index (κ1) is 13.7. The molecule has 2 saturated heterocycles. The number of amides is 2. The van der Waals surface area contributed by atoms with Gasteiger partial charge in [-0.3, -0.25) is 4.79 Å². The molecule has 20 heavy (non-hydrogen) atoms. The van der Waals surface area contributed by atoms with Crippen LogP contribution in [-0.2, 0) is 4.79 Å². The molecule has 3 unspecified atom stereocenters. The van der Waals surface area contributed by atoms with Gasteiger partial charge in [0.25, 0.3) is 0 Å². The van der Waals surface area contributed by atoms with E-state index < -0.39 is 11.4 Å². The highest BCUT2D eigenvalue weighted by molar-refractivity contribution is 5.80. The van der Waals surface area contributed by atoms with Gasteiger partial charge in [-0.15, -0.1) is 0 Å². The summed E-state index contributed by atoms with van der Waals surface area (Å²) in [5, 5.41) is 9.41. The van der Waals surface area contributed by atoms with Gasteiger partial charge >= 0.3 is 12.0 Å². The summed E-state index contributed by atoms with van der Waals surface area (Å²) in [4.78, 5) is 27.7. The standard InChI is InChI=1S/C15H24N2O3/c1-2-15(13(18)19)6-7-16(10-15)14(20)17-8-11-4-3-5-12(11)9-17/h11-12H,2-10H2,1H3,(H,18,19). The predicted octanol–water partition coefficient (Wildman–Crippen LogP) is 2.03. The molecule has 5 heteroatoms. The van der Waals surface area contributed by atoms with Gasteiger partial charge in [0, 0.05) is 26.2 Å². The quantitative estimate of drug-likeness (QED) is 0.842. The average molecular weight is 280 g/mol. The van der Waals surface area contributed by atoms with E-state index in [4.69, 9.17) is 0 Å². The van der Waals surface area contributed by atoms with Gasteiger partial charge in [0.2, 0.25) is 0 Å². The maximum absolute atomic E-state index is 12.6. The van der Waals surface area contributed by atoms with Crippen molar-refractivity contribution in [2.45, 2.75) is 39.0 Å². The summed E-state index contributed by atoms with van der Waals surface area (Å²) in [5.41, 5.74) is -0.717. The minimum atomic E-state index is -0.756. The van der Waals surface area contributed by atoms with Crippen molar-refractivity contribution in [3.63, 3.8) is 0 Å². The van der Waals surface area contributed by atoms with E-state index in [1.54, 1.807) is 4.90 Å². The molecule has 3 aliphatic rings. The summed E-state index contributed by atoms with van der Waals surface area (Å²) >= 11 is 0. The summed E-state index contributed by atoms with van der Waals surface area (Å²) in [5.74, 6) is 0.627. The topological polar surface area (TPSA) is 60.9 Å². The lowest BCUT2D eigenvalue weighted by Gasteiger charge is -2.27. The molecule has 2 aliphatic heterocycles. The molecule has 0 aromatic carbocycles. The molecule has 5 nitrogen and oxygen atoms in total. The summed E-state index contributed by atoms with van der Waals surface area (Å²) in [6.45, 7) is 4.63. The smallest absolute Gasteiger partial charge is 0.320 e. The largest absolute Gasteiger partial charge is 0.481 e. The van der Waals surface area contributed by atoms with Crippen molar-refractivity contribution in [2.75, 3.05) is 26.2 Å². The second-order valence-electron chi connectivity index (χ2n) is 6.75. The van der Waals surface area contributed by atoms with Gasteiger partial charge in [0.1, 0.15) is 0 Å². The fourth-order valence-corrected chi connectivity index (χ4v) is 4.24. The molecule has 112 valence electrons. The number of nitrogens with zero attached hydrogens (tertiary/aromatic N) is 2. The molecular formula is C15H24N2O3. The van der Waals surface area contributed by atoms with Crippen LogP contribution < -0.4 is 0 Å². The van der Waals surface area contributed by atoms with Crippen LogP contribution in [0.4, 0.5) is 4.79 Å². The van der Waals surface area contributed by atoms with E-state index in [0.29, 0.717) is 37.8 Å². The fourth-order valence-electron chi connectivity index (χ4n) is 4.24. The zero-order chi connectivity index (χ0) is 14.3. The normalized spacial score (nSPS) is 36.5. The third kappa shape index (κ3) is 2.07. The molecule has 0 radical (unpaired) electrons. The summed E-state index contributed by atoms with van der Waals surface area (Å²) in [6, 6.07) is 0.0657. The number of urea groups is 1. The van der Waals surface area contributed by atoms with Crippen molar-refractivity contribution in [1.82, 2.24) is 9.80 Å². The second kappa shape index (κ2) is 4.93. The van der Waals surface area contributed by atoms with Crippen molar-refractivity contribution in [3.8, 4) is 0 Å². The Kier molecular flexibility index (Phi) is 3.38. The van der Waals surface area contributed by atoms with Gasteiger partial charge in [-0.1, -0.05) is 13.3 Å². The molecule has 0 spiro atoms. The van der Waals surface area contributed by atoms with Crippen LogP contribution in [0.25, 0.3) is 0 Å². The first-order valence-electron chi connectivity index (χ1n) is 7.83. The number of hydrogen-bond donors (Lipinski definition) is 1. The van der Waals surface area contributed by atoms with Crippen molar-refractivity contribution < 1.29 is 14.7 Å². The van der Waals surface area contributed by atoms with Crippen molar-refractivity contribution in [1.29, 1.82) is 0 Å². The fraction of sp³-hybridized carbons (Fsp3) is 0.867. The van der Waals surface area contributed by atoms with E-state index in [1.807, 2.05) is 11.8 Å². The van der Waals surface area contributed by atoms with Crippen LogP contribution in [0.1, 0.15) is 39.0 Å². The van der Waals surface area contributed by atoms with Crippen LogP contribution in [0, 0.1) is 17.3 Å². The summed E-state index contributed by atoms with van der Waals surface area (Å²) in [6.07, 6.45) is 4.99. The maximum Gasteiger partial charge on any atom is 0.320 e. The van der Waals surface area contributed by atoms with Crippen LogP contribution in [0.5, 0.6) is 0 Å². The number of rotatable bonds is 2. The van der Waals surface area contributed by atoms with Crippen molar-refractivity contribution in [3.05, 3.63) is 0 Å². The summed E-state index contributed by atoms with van der Waals surface area (Å²) in [7, 11) is 0. The highest BCUT2D eigenvalue weighted by atomic mass is 16.4. The number of carbonyl (C=O) groups excluding carboxylic acids is 1. The third-order valence-electron chi connectivity index (χ3n) is 5.75. The van der Waals surface area contributed by atoms with Crippen LogP contribution in [0.2, 0.25) is 0 Å². The molecule has 2 amide bonds. The molecular weight excluding hydrogens is 256 g/mol. The second-order valence-corrected chi connectivity index (χ2v) is 6.75. The Hall–Kier alpha value is -1.26. The molecule has 3 atom stereocenters. The predicted molar refractivity (Wildman–Crippen MR) is 74.3 cm³/mol. The van der Waals surface area contributed by atoms with Gasteiger partial charge in [0.15, 0.2) is 0 Å². The van der Waals surface area contributed by atoms with E-state index in [9.17, 15) is 14.7 Å². The minimum absolute atomic E-state index is 0.0657. The Morgan fingerprint density at radius 3 is 2.35 bits per heavy atom. The van der Waals surface area contributed by atoms with Crippen molar-refractivity contribution in [2.24, 2.45) is 17.3 Å². The Bertz CT molecular complexity index is 413. The van der Waals surface area contributed by atoms with E-state index in [0.717, 1.165) is 13.1 Å². The van der Waals surface area contributed by atoms with Crippen LogP contribution in [0.3, 0.4) is 0 Å². The van der Waals surface area contributed by atoms with E-state index in [1.165, 1.54) is 19.3 Å². The van der Waals surface area contributed by atoms with E-state index in [-0.39, 0.29) is 6.03 Å². The Balaban J connectivity index is 1.63. The zero-order valence-corrected chi connectivity index (χ0v) is 12.2. The van der Waals surface area contributed by atoms with Gasteiger partial charge in [0.05, 0.1) is 5.41 Å². The number of carboxylic acids is 1. The molecule has 0 bridgehead atoms. The van der Waals surface area contributed by atoms with Gasteiger partial charge in [-0.05, 0) is 37.5 Å². The molecule has 3 fully saturated rings. The highest BCUT2D eigenvalue weighted by Crippen LogP contribution is 2.39. The molecule has 1 saturated carbocycles. The maximum atomic E-state index is 12.6. The Morgan fingerprint density at radius 2 is 1.85 bits per heavy atom. The van der Waals surface area contributed by atoms with Crippen LogP contribution in [0.15, 0.2) is 0 Å². The number of aliphatic carboxylic acids is 1. The lowest BCUT2D eigenvalue weighted by molar-refractivity contribution is -0.148. The highest BCUT2D eigenvalue weighted by Gasteiger charge is 2.47. The zero-order valence-electron chi connectivity index (χ0n) is 12.2. The van der Waals surface area contributed by atoms with Gasteiger partial charge < -0.3 is 14.9 Å². The lowest BCUT2D eigenvalue weighted by atomic mass is 9.84. The average Bonchev–Trinajstić information content (AvgIpc) is 3.11. The minimum Gasteiger partial charge on any atom is -0.481 e. The number of likely N-dealkylation sites (tertiary alicyclic amines) is 2. The van der Waals surface area contributed by atoms with Gasteiger partial charge in [-0.2, -0.15) is 0 Å². The first-order chi connectivity index (χ1) is 9.55. The van der Waals surface area contributed by atoms with Crippen molar-refractivity contribution >= 4 is 12.0 Å². The molecule has 1 aliphatic carbocycles. The van der Waals surface area contributed by atoms with Crippen LogP contribution >= 0.6 is 0 Å². The molecule has 1 N–H and O–H groups in total. The summed E-state index contributed by atoms with van der Waals surface area (Å²) < 4.78 is 0. The molecule has 0 aromatic rings. The first-order valence-corrected chi connectivity index (χ1v) is 7.83. The van der Waals surface area contributed by atoms with E-state index >= 15 is 0 Å². The molecule has 3 rings (SSSR count). The Labute approximate surface area is 119 Å². The molecule has 0 aromatic heterocycles. The third-order valence-corrected chi connectivity index (χ3v) is 5.75. The van der Waals surface area contributed by atoms with Gasteiger partial charge in [-0.25, -0.2) is 4.79 Å². The number of carbonyl (C=O) groups is 2. The molecule has 2 heterocycles. The number of carboxylic acid groups (broad SMARTS) is 1. The van der Waals surface area contributed by atoms with E-state index in [2.05, 4.69) is 0 Å². The van der Waals surface area contributed by atoms with Crippen LogP contribution in [-0.4, -0.2) is 53.1 Å². The lowest BCUT2D eigenvalue weighted by Crippen LogP contribution is -2.43. The monoisotopic (exact) mass is 280 g/mol. The SMILES string of the molecule is CCC1(C(=O)O)CCN(C(=O)N2CC3CCCC3C2)C1. The Morgan fingerprint density at radius 1 is 1.20 bits per heavy atom. The number of fused-ring (bicyclic) bond motifs is 1.